The highest BCUT2D eigenvalue weighted by Crippen LogP contribution is 2.12. The van der Waals surface area contributed by atoms with Crippen molar-refractivity contribution in [1.29, 1.82) is 0 Å². The van der Waals surface area contributed by atoms with Crippen LogP contribution in [0.4, 0.5) is 0 Å². The molecule has 1 atom stereocenters. The molecule has 56 valence electrons. The Hall–Kier alpha value is -0.240. The molecule has 0 spiro atoms. The highest BCUT2D eigenvalue weighted by Gasteiger charge is 2.11. The van der Waals surface area contributed by atoms with Crippen molar-refractivity contribution < 1.29 is 4.74 Å². The lowest BCUT2D eigenvalue weighted by atomic mass is 10.1. The predicted molar refractivity (Wildman–Crippen MR) is 43.5 cm³/mol. The van der Waals surface area contributed by atoms with Crippen LogP contribution in [-0.4, -0.2) is 24.4 Å². The molecule has 3 heteroatoms. The molecule has 0 aromatic carbocycles. The van der Waals surface area contributed by atoms with Crippen molar-refractivity contribution in [1.82, 2.24) is 0 Å². The summed E-state index contributed by atoms with van der Waals surface area (Å²) in [6.07, 6.45) is 3.89. The van der Waals surface area contributed by atoms with Crippen LogP contribution in [0.2, 0.25) is 0 Å². The zero-order valence-corrected chi connectivity index (χ0v) is 6.69. The smallest absolute Gasteiger partial charge is 0.0778 e. The summed E-state index contributed by atoms with van der Waals surface area (Å²) in [5.74, 6) is 0. The molecule has 10 heavy (non-hydrogen) atoms. The topological polar surface area (TPSA) is 21.6 Å². The van der Waals surface area contributed by atoms with Crippen LogP contribution >= 0.6 is 12.2 Å². The van der Waals surface area contributed by atoms with Crippen LogP contribution < -0.4 is 0 Å². The number of thiocarbonyl (C=S) groups is 1. The van der Waals surface area contributed by atoms with Crippen molar-refractivity contribution in [2.24, 2.45) is 4.99 Å². The molecule has 1 aliphatic rings. The van der Waals surface area contributed by atoms with E-state index in [-0.39, 0.29) is 0 Å². The van der Waals surface area contributed by atoms with Gasteiger partial charge in [0.25, 0.3) is 0 Å². The van der Waals surface area contributed by atoms with E-state index in [4.69, 9.17) is 4.74 Å². The van der Waals surface area contributed by atoms with Gasteiger partial charge in [0.2, 0.25) is 0 Å². The van der Waals surface area contributed by atoms with E-state index < -0.39 is 0 Å². The second-order valence-corrected chi connectivity index (χ2v) is 2.60. The molecule has 0 aliphatic carbocycles. The second kappa shape index (κ2) is 4.56. The van der Waals surface area contributed by atoms with Gasteiger partial charge in [-0.15, -0.1) is 0 Å². The van der Waals surface area contributed by atoms with Gasteiger partial charge in [-0.1, -0.05) is 0 Å². The molecule has 0 saturated carbocycles. The quantitative estimate of drug-likeness (QED) is 0.449. The molecule has 1 rings (SSSR count). The summed E-state index contributed by atoms with van der Waals surface area (Å²) in [7, 11) is 0. The summed E-state index contributed by atoms with van der Waals surface area (Å²) in [5, 5.41) is 2.34. The summed E-state index contributed by atoms with van der Waals surface area (Å²) in [5.41, 5.74) is 0. The minimum atomic E-state index is 0.309. The SMILES string of the molecule is S=C=NC[C@H]1CCCCO1. The van der Waals surface area contributed by atoms with E-state index in [0.29, 0.717) is 12.6 Å². The van der Waals surface area contributed by atoms with Gasteiger partial charge >= 0.3 is 0 Å². The Morgan fingerprint density at radius 1 is 1.60 bits per heavy atom. The van der Waals surface area contributed by atoms with Gasteiger partial charge in [0, 0.05) is 6.61 Å². The van der Waals surface area contributed by atoms with Crippen molar-refractivity contribution in [3.8, 4) is 0 Å². The number of rotatable bonds is 2. The minimum Gasteiger partial charge on any atom is -0.376 e. The van der Waals surface area contributed by atoms with Crippen LogP contribution in [0.1, 0.15) is 19.3 Å². The van der Waals surface area contributed by atoms with Crippen LogP contribution in [-0.2, 0) is 4.74 Å². The monoisotopic (exact) mass is 157 g/mol. The molecular weight excluding hydrogens is 146 g/mol. The number of hydrogen-bond acceptors (Lipinski definition) is 3. The largest absolute Gasteiger partial charge is 0.376 e. The van der Waals surface area contributed by atoms with E-state index in [1.54, 1.807) is 0 Å². The van der Waals surface area contributed by atoms with Gasteiger partial charge in [-0.3, -0.25) is 0 Å². The van der Waals surface area contributed by atoms with Crippen molar-refractivity contribution in [2.75, 3.05) is 13.2 Å². The fourth-order valence-corrected chi connectivity index (χ4v) is 1.17. The number of aliphatic imine (C=N–C) groups is 1. The van der Waals surface area contributed by atoms with Gasteiger partial charge in [0.05, 0.1) is 17.8 Å². The maximum atomic E-state index is 5.40. The Morgan fingerprint density at radius 2 is 2.50 bits per heavy atom. The van der Waals surface area contributed by atoms with Crippen LogP contribution in [0, 0.1) is 0 Å². The third kappa shape index (κ3) is 2.56. The molecule has 1 heterocycles. The van der Waals surface area contributed by atoms with Crippen molar-refractivity contribution in [2.45, 2.75) is 25.4 Å². The molecule has 0 aromatic heterocycles. The fourth-order valence-electron chi connectivity index (χ4n) is 1.09. The lowest BCUT2D eigenvalue weighted by Crippen LogP contribution is -2.21. The second-order valence-electron chi connectivity index (χ2n) is 2.42. The van der Waals surface area contributed by atoms with Gasteiger partial charge < -0.3 is 4.74 Å². The summed E-state index contributed by atoms with van der Waals surface area (Å²) < 4.78 is 5.40. The number of nitrogens with zero attached hydrogens (tertiary/aromatic N) is 1. The highest BCUT2D eigenvalue weighted by atomic mass is 32.1. The maximum absolute atomic E-state index is 5.40. The first kappa shape index (κ1) is 7.86. The third-order valence-corrected chi connectivity index (χ3v) is 1.76. The first-order valence-corrected chi connectivity index (χ1v) is 3.99. The Labute approximate surface area is 66.3 Å². The predicted octanol–water partition coefficient (Wildman–Crippen LogP) is 1.66. The van der Waals surface area contributed by atoms with Gasteiger partial charge in [-0.2, -0.15) is 0 Å². The van der Waals surface area contributed by atoms with Crippen molar-refractivity contribution >= 4 is 17.4 Å². The Kier molecular flexibility index (Phi) is 3.58. The van der Waals surface area contributed by atoms with Crippen molar-refractivity contribution in [3.05, 3.63) is 0 Å². The van der Waals surface area contributed by atoms with Gasteiger partial charge in [0.15, 0.2) is 0 Å². The van der Waals surface area contributed by atoms with Gasteiger partial charge in [0.1, 0.15) is 0 Å². The normalized spacial score (nSPS) is 25.4. The van der Waals surface area contributed by atoms with Gasteiger partial charge in [-0.25, -0.2) is 4.99 Å². The van der Waals surface area contributed by atoms with E-state index in [9.17, 15) is 0 Å². The van der Waals surface area contributed by atoms with E-state index in [0.717, 1.165) is 13.0 Å². The molecule has 1 aliphatic heterocycles. The van der Waals surface area contributed by atoms with E-state index in [1.807, 2.05) is 0 Å². The zero-order valence-electron chi connectivity index (χ0n) is 5.88. The molecule has 1 fully saturated rings. The van der Waals surface area contributed by atoms with Gasteiger partial charge in [-0.05, 0) is 31.5 Å². The number of hydrogen-bond donors (Lipinski definition) is 0. The van der Waals surface area contributed by atoms with E-state index >= 15 is 0 Å². The molecule has 2 nitrogen and oxygen atoms in total. The Morgan fingerprint density at radius 3 is 3.10 bits per heavy atom. The molecule has 0 radical (unpaired) electrons. The average Bonchev–Trinajstić information content (AvgIpc) is 2.03. The summed E-state index contributed by atoms with van der Waals surface area (Å²) in [4.78, 5) is 3.84. The number of isothiocyanates is 1. The molecule has 0 amide bonds. The molecular formula is C7H11NOS. The number of ether oxygens (including phenoxy) is 1. The van der Waals surface area contributed by atoms with E-state index in [2.05, 4.69) is 22.4 Å². The molecule has 0 aromatic rings. The summed E-state index contributed by atoms with van der Waals surface area (Å²) >= 11 is 4.45. The summed E-state index contributed by atoms with van der Waals surface area (Å²) in [6.45, 7) is 1.58. The van der Waals surface area contributed by atoms with Crippen molar-refractivity contribution in [3.63, 3.8) is 0 Å². The standard InChI is InChI=1S/C7H11NOS/c10-6-8-5-7-3-1-2-4-9-7/h7H,1-5H2/t7-/m1/s1. The summed E-state index contributed by atoms with van der Waals surface area (Å²) in [6, 6.07) is 0. The molecule has 0 N–H and O–H groups in total. The molecule has 0 bridgehead atoms. The van der Waals surface area contributed by atoms with Crippen LogP contribution in [0.3, 0.4) is 0 Å². The Balaban J connectivity index is 2.19. The average molecular weight is 157 g/mol. The third-order valence-electron chi connectivity index (χ3n) is 1.63. The first-order valence-electron chi connectivity index (χ1n) is 3.58. The maximum Gasteiger partial charge on any atom is 0.0778 e. The Bertz CT molecular complexity index is 137. The molecule has 1 saturated heterocycles. The van der Waals surface area contributed by atoms with Crippen LogP contribution in [0.25, 0.3) is 0 Å². The van der Waals surface area contributed by atoms with E-state index in [1.165, 1.54) is 12.8 Å². The van der Waals surface area contributed by atoms with Crippen LogP contribution in [0.15, 0.2) is 4.99 Å². The lowest BCUT2D eigenvalue weighted by Gasteiger charge is -2.19. The zero-order chi connectivity index (χ0) is 7.23. The van der Waals surface area contributed by atoms with Crippen LogP contribution in [0.5, 0.6) is 0 Å². The first-order chi connectivity index (χ1) is 4.93. The minimum absolute atomic E-state index is 0.309. The lowest BCUT2D eigenvalue weighted by molar-refractivity contribution is 0.0226. The fraction of sp³-hybridized carbons (Fsp3) is 0.857. The highest BCUT2D eigenvalue weighted by molar-refractivity contribution is 7.78. The molecule has 0 unspecified atom stereocenters.